The van der Waals surface area contributed by atoms with Crippen LogP contribution in [0.15, 0.2) is 42.6 Å². The molecule has 1 aromatic carbocycles. The fourth-order valence-corrected chi connectivity index (χ4v) is 1.80. The minimum atomic E-state index is 0.189. The number of hydrogen-bond acceptors (Lipinski definition) is 1. The molecule has 0 atom stereocenters. The molecule has 0 fully saturated rings. The lowest BCUT2D eigenvalue weighted by Crippen LogP contribution is -2.10. The first-order valence-corrected chi connectivity index (χ1v) is 6.00. The third-order valence-electron chi connectivity index (χ3n) is 2.97. The largest absolute Gasteiger partial charge is 0.261 e. The second-order valence-corrected chi connectivity index (χ2v) is 5.52. The number of benzene rings is 1. The average Bonchev–Trinajstić information content (AvgIpc) is 2.29. The van der Waals surface area contributed by atoms with Crippen LogP contribution >= 0.6 is 0 Å². The van der Waals surface area contributed by atoms with Crippen LogP contribution in [0.25, 0.3) is 11.1 Å². The molecule has 17 heavy (non-hydrogen) atoms. The summed E-state index contributed by atoms with van der Waals surface area (Å²) in [6.07, 6.45) is 1.94. The predicted octanol–water partition coefficient (Wildman–Crippen LogP) is 4.35. The van der Waals surface area contributed by atoms with E-state index in [9.17, 15) is 0 Å². The lowest BCUT2D eigenvalue weighted by atomic mass is 9.85. The van der Waals surface area contributed by atoms with Gasteiger partial charge in [0.1, 0.15) is 0 Å². The summed E-state index contributed by atoms with van der Waals surface area (Å²) in [6, 6.07) is 12.9. The zero-order valence-corrected chi connectivity index (χ0v) is 11.0. The Balaban J connectivity index is 2.43. The first kappa shape index (κ1) is 11.8. The van der Waals surface area contributed by atoms with Crippen molar-refractivity contribution < 1.29 is 0 Å². The maximum absolute atomic E-state index is 4.35. The highest BCUT2D eigenvalue weighted by atomic mass is 14.7. The SMILES string of the molecule is Cc1ccc(-c2cccc(C(C)(C)C)c2)cn1. The number of pyridine rings is 1. The molecule has 0 amide bonds. The van der Waals surface area contributed by atoms with Crippen LogP contribution in [0.4, 0.5) is 0 Å². The normalized spacial score (nSPS) is 11.5. The second-order valence-electron chi connectivity index (χ2n) is 5.52. The third-order valence-corrected chi connectivity index (χ3v) is 2.97. The maximum Gasteiger partial charge on any atom is 0.0373 e. The molecule has 0 spiro atoms. The van der Waals surface area contributed by atoms with E-state index in [1.54, 1.807) is 0 Å². The molecule has 1 nitrogen and oxygen atoms in total. The molecule has 1 heterocycles. The molecule has 0 aliphatic rings. The first-order valence-electron chi connectivity index (χ1n) is 6.00. The highest BCUT2D eigenvalue weighted by Gasteiger charge is 2.13. The van der Waals surface area contributed by atoms with Gasteiger partial charge in [0.05, 0.1) is 0 Å². The summed E-state index contributed by atoms with van der Waals surface area (Å²) in [5, 5.41) is 0. The van der Waals surface area contributed by atoms with E-state index >= 15 is 0 Å². The van der Waals surface area contributed by atoms with Crippen molar-refractivity contribution in [3.8, 4) is 11.1 Å². The van der Waals surface area contributed by atoms with Crippen LogP contribution in [0.2, 0.25) is 0 Å². The number of hydrogen-bond donors (Lipinski definition) is 0. The minimum absolute atomic E-state index is 0.189. The van der Waals surface area contributed by atoms with Crippen molar-refractivity contribution in [2.45, 2.75) is 33.1 Å². The fourth-order valence-electron chi connectivity index (χ4n) is 1.80. The molecule has 2 rings (SSSR count). The highest BCUT2D eigenvalue weighted by molar-refractivity contribution is 5.63. The van der Waals surface area contributed by atoms with Crippen LogP contribution in [-0.2, 0) is 5.41 Å². The number of aromatic nitrogens is 1. The van der Waals surface area contributed by atoms with Gasteiger partial charge in [-0.15, -0.1) is 0 Å². The van der Waals surface area contributed by atoms with Gasteiger partial charge < -0.3 is 0 Å². The van der Waals surface area contributed by atoms with Crippen molar-refractivity contribution >= 4 is 0 Å². The van der Waals surface area contributed by atoms with Gasteiger partial charge in [0.2, 0.25) is 0 Å². The van der Waals surface area contributed by atoms with Crippen LogP contribution in [0, 0.1) is 6.92 Å². The minimum Gasteiger partial charge on any atom is -0.261 e. The number of nitrogens with zero attached hydrogens (tertiary/aromatic N) is 1. The topological polar surface area (TPSA) is 12.9 Å². The summed E-state index contributed by atoms with van der Waals surface area (Å²) >= 11 is 0. The Kier molecular flexibility index (Phi) is 3.01. The lowest BCUT2D eigenvalue weighted by molar-refractivity contribution is 0.590. The smallest absolute Gasteiger partial charge is 0.0373 e. The van der Waals surface area contributed by atoms with Crippen molar-refractivity contribution in [2.24, 2.45) is 0 Å². The van der Waals surface area contributed by atoms with E-state index in [4.69, 9.17) is 0 Å². The summed E-state index contributed by atoms with van der Waals surface area (Å²) < 4.78 is 0. The molecule has 0 N–H and O–H groups in total. The summed E-state index contributed by atoms with van der Waals surface area (Å²) in [5.41, 5.74) is 5.02. The standard InChI is InChI=1S/C16H19N/c1-12-8-9-14(11-17-12)13-6-5-7-15(10-13)16(2,3)4/h5-11H,1-4H3. The Morgan fingerprint density at radius 1 is 0.941 bits per heavy atom. The summed E-state index contributed by atoms with van der Waals surface area (Å²) in [6.45, 7) is 8.72. The van der Waals surface area contributed by atoms with Gasteiger partial charge in [0.25, 0.3) is 0 Å². The van der Waals surface area contributed by atoms with Gasteiger partial charge in [0.15, 0.2) is 0 Å². The second kappa shape index (κ2) is 4.33. The summed E-state index contributed by atoms with van der Waals surface area (Å²) in [7, 11) is 0. The molecule has 0 radical (unpaired) electrons. The molecular weight excluding hydrogens is 206 g/mol. The van der Waals surface area contributed by atoms with Crippen molar-refractivity contribution in [1.82, 2.24) is 4.98 Å². The molecule has 88 valence electrons. The monoisotopic (exact) mass is 225 g/mol. The molecule has 1 heteroatoms. The van der Waals surface area contributed by atoms with Gasteiger partial charge >= 0.3 is 0 Å². The Hall–Kier alpha value is -1.63. The zero-order valence-electron chi connectivity index (χ0n) is 11.0. The quantitative estimate of drug-likeness (QED) is 0.703. The van der Waals surface area contributed by atoms with Crippen LogP contribution in [0.5, 0.6) is 0 Å². The van der Waals surface area contributed by atoms with E-state index in [1.165, 1.54) is 16.7 Å². The molecule has 0 saturated heterocycles. The average molecular weight is 225 g/mol. The van der Waals surface area contributed by atoms with Crippen molar-refractivity contribution in [2.75, 3.05) is 0 Å². The van der Waals surface area contributed by atoms with E-state index < -0.39 is 0 Å². The van der Waals surface area contributed by atoms with E-state index in [0.29, 0.717) is 0 Å². The lowest BCUT2D eigenvalue weighted by Gasteiger charge is -2.19. The first-order chi connectivity index (χ1) is 7.97. The van der Waals surface area contributed by atoms with E-state index in [0.717, 1.165) is 5.69 Å². The van der Waals surface area contributed by atoms with E-state index in [1.807, 2.05) is 13.1 Å². The number of aryl methyl sites for hydroxylation is 1. The molecular formula is C16H19N. The Morgan fingerprint density at radius 3 is 2.29 bits per heavy atom. The van der Waals surface area contributed by atoms with Gasteiger partial charge in [-0.05, 0) is 29.5 Å². The summed E-state index contributed by atoms with van der Waals surface area (Å²) in [5.74, 6) is 0. The molecule has 0 aliphatic carbocycles. The van der Waals surface area contributed by atoms with Gasteiger partial charge in [-0.3, -0.25) is 4.98 Å². The summed E-state index contributed by atoms with van der Waals surface area (Å²) in [4.78, 5) is 4.35. The van der Waals surface area contributed by atoms with Crippen LogP contribution in [0.3, 0.4) is 0 Å². The van der Waals surface area contributed by atoms with Crippen LogP contribution < -0.4 is 0 Å². The molecule has 0 unspecified atom stereocenters. The maximum atomic E-state index is 4.35. The van der Waals surface area contributed by atoms with Crippen LogP contribution in [-0.4, -0.2) is 4.98 Å². The molecule has 0 aliphatic heterocycles. The van der Waals surface area contributed by atoms with Gasteiger partial charge in [0, 0.05) is 17.5 Å². The van der Waals surface area contributed by atoms with Gasteiger partial charge in [-0.1, -0.05) is 51.1 Å². The Morgan fingerprint density at radius 2 is 1.71 bits per heavy atom. The zero-order chi connectivity index (χ0) is 12.5. The van der Waals surface area contributed by atoms with Gasteiger partial charge in [-0.25, -0.2) is 0 Å². The molecule has 0 bridgehead atoms. The predicted molar refractivity (Wildman–Crippen MR) is 73.1 cm³/mol. The third kappa shape index (κ3) is 2.73. The highest BCUT2D eigenvalue weighted by Crippen LogP contribution is 2.27. The molecule has 0 saturated carbocycles. The van der Waals surface area contributed by atoms with Crippen molar-refractivity contribution in [1.29, 1.82) is 0 Å². The van der Waals surface area contributed by atoms with Gasteiger partial charge in [-0.2, -0.15) is 0 Å². The Bertz CT molecular complexity index is 504. The van der Waals surface area contributed by atoms with Crippen LogP contribution in [0.1, 0.15) is 32.0 Å². The number of rotatable bonds is 1. The molecule has 1 aromatic heterocycles. The fraction of sp³-hybridized carbons (Fsp3) is 0.312. The van der Waals surface area contributed by atoms with E-state index in [2.05, 4.69) is 62.2 Å². The Labute approximate surface area is 104 Å². The van der Waals surface area contributed by atoms with Crippen molar-refractivity contribution in [3.63, 3.8) is 0 Å². The van der Waals surface area contributed by atoms with Crippen molar-refractivity contribution in [3.05, 3.63) is 53.9 Å². The van der Waals surface area contributed by atoms with E-state index in [-0.39, 0.29) is 5.41 Å². The molecule has 2 aromatic rings.